The lowest BCUT2D eigenvalue weighted by molar-refractivity contribution is -0.147. The first-order chi connectivity index (χ1) is 5.07. The molecule has 0 aromatic heterocycles. The molecule has 0 heterocycles. The number of rotatable bonds is 5. The number of primary amides is 1. The Morgan fingerprint density at radius 3 is 2.45 bits per heavy atom. The zero-order chi connectivity index (χ0) is 8.85. The third-order valence-corrected chi connectivity index (χ3v) is 1.10. The van der Waals surface area contributed by atoms with Gasteiger partial charge < -0.3 is 15.6 Å². The monoisotopic (exact) mass is 161 g/mol. The van der Waals surface area contributed by atoms with Gasteiger partial charge in [0.15, 0.2) is 0 Å². The van der Waals surface area contributed by atoms with Crippen molar-refractivity contribution in [3.8, 4) is 0 Å². The molecule has 64 valence electrons. The van der Waals surface area contributed by atoms with E-state index in [4.69, 9.17) is 10.8 Å². The molecule has 3 N–H and O–H groups in total. The molecule has 11 heavy (non-hydrogen) atoms. The molecule has 0 aliphatic heterocycles. The molecule has 0 aliphatic carbocycles. The van der Waals surface area contributed by atoms with Gasteiger partial charge in [0.25, 0.3) is 0 Å². The van der Waals surface area contributed by atoms with E-state index in [1.807, 2.05) is 0 Å². The molecule has 1 atom stereocenters. The van der Waals surface area contributed by atoms with Crippen LogP contribution in [0.4, 0.5) is 0 Å². The molecule has 0 saturated carbocycles. The van der Waals surface area contributed by atoms with E-state index < -0.39 is 24.6 Å². The van der Waals surface area contributed by atoms with E-state index in [1.165, 1.54) is 0 Å². The van der Waals surface area contributed by atoms with Crippen LogP contribution in [0.5, 0.6) is 0 Å². The molecule has 5 heteroatoms. The second kappa shape index (κ2) is 4.68. The number of carbonyl (C=O) groups excluding carboxylic acids is 1. The van der Waals surface area contributed by atoms with E-state index in [9.17, 15) is 9.59 Å². The highest BCUT2D eigenvalue weighted by Crippen LogP contribution is 1.95. The number of amides is 1. The van der Waals surface area contributed by atoms with Crippen molar-refractivity contribution in [2.75, 3.05) is 6.61 Å². The molecule has 0 spiro atoms. The van der Waals surface area contributed by atoms with Gasteiger partial charge in [0.2, 0.25) is 5.91 Å². The number of ether oxygens (including phenoxy) is 1. The fraction of sp³-hybridized carbons (Fsp3) is 0.667. The van der Waals surface area contributed by atoms with Gasteiger partial charge in [0.05, 0.1) is 0 Å². The van der Waals surface area contributed by atoms with Crippen molar-refractivity contribution in [2.45, 2.75) is 19.4 Å². The number of carboxylic acid groups (broad SMARTS) is 1. The highest BCUT2D eigenvalue weighted by molar-refractivity contribution is 5.79. The van der Waals surface area contributed by atoms with Gasteiger partial charge in [-0.25, -0.2) is 4.79 Å². The molecular weight excluding hydrogens is 150 g/mol. The molecule has 1 amide bonds. The Labute approximate surface area is 64.1 Å². The van der Waals surface area contributed by atoms with Crippen LogP contribution in [0.3, 0.4) is 0 Å². The van der Waals surface area contributed by atoms with E-state index in [1.54, 1.807) is 6.92 Å². The van der Waals surface area contributed by atoms with Crippen LogP contribution in [-0.4, -0.2) is 29.7 Å². The van der Waals surface area contributed by atoms with Gasteiger partial charge in [-0.15, -0.1) is 0 Å². The predicted octanol–water partition coefficient (Wildman–Crippen LogP) is -0.648. The van der Waals surface area contributed by atoms with Crippen LogP contribution in [0, 0.1) is 0 Å². The second-order valence-corrected chi connectivity index (χ2v) is 2.00. The summed E-state index contributed by atoms with van der Waals surface area (Å²) in [4.78, 5) is 20.4. The molecule has 5 nitrogen and oxygen atoms in total. The Bertz CT molecular complexity index is 157. The lowest BCUT2D eigenvalue weighted by atomic mass is 10.3. The summed E-state index contributed by atoms with van der Waals surface area (Å²) in [6, 6.07) is 0. The maximum atomic E-state index is 10.4. The first-order valence-electron chi connectivity index (χ1n) is 3.20. The van der Waals surface area contributed by atoms with Gasteiger partial charge in [0, 0.05) is 0 Å². The van der Waals surface area contributed by atoms with Crippen molar-refractivity contribution in [1.29, 1.82) is 0 Å². The summed E-state index contributed by atoms with van der Waals surface area (Å²) in [5.74, 6) is -1.74. The molecule has 0 saturated heterocycles. The summed E-state index contributed by atoms with van der Waals surface area (Å²) in [6.07, 6.45) is -0.395. The van der Waals surface area contributed by atoms with Crippen LogP contribution in [0.25, 0.3) is 0 Å². The molecule has 0 radical (unpaired) electrons. The lowest BCUT2D eigenvalue weighted by Gasteiger charge is -2.09. The average molecular weight is 161 g/mol. The van der Waals surface area contributed by atoms with Crippen LogP contribution < -0.4 is 5.73 Å². The van der Waals surface area contributed by atoms with Gasteiger partial charge >= 0.3 is 5.97 Å². The quantitative estimate of drug-likeness (QED) is 0.560. The average Bonchev–Trinajstić information content (AvgIpc) is 1.87. The molecule has 0 aromatic rings. The van der Waals surface area contributed by atoms with Gasteiger partial charge in [-0.3, -0.25) is 4.79 Å². The van der Waals surface area contributed by atoms with Crippen LogP contribution >= 0.6 is 0 Å². The van der Waals surface area contributed by atoms with Crippen LogP contribution in [-0.2, 0) is 14.3 Å². The first-order valence-corrected chi connectivity index (χ1v) is 3.20. The fourth-order valence-electron chi connectivity index (χ4n) is 0.573. The van der Waals surface area contributed by atoms with E-state index in [0.29, 0.717) is 6.42 Å². The number of carbonyl (C=O) groups is 2. The van der Waals surface area contributed by atoms with E-state index in [-0.39, 0.29) is 0 Å². The number of carboxylic acids is 1. The highest BCUT2D eigenvalue weighted by atomic mass is 16.5. The maximum Gasteiger partial charge on any atom is 0.329 e. The van der Waals surface area contributed by atoms with Crippen LogP contribution in [0.1, 0.15) is 13.3 Å². The van der Waals surface area contributed by atoms with E-state index >= 15 is 0 Å². The molecule has 0 aromatic carbocycles. The Morgan fingerprint density at radius 1 is 1.64 bits per heavy atom. The second-order valence-electron chi connectivity index (χ2n) is 2.00. The first kappa shape index (κ1) is 9.90. The third kappa shape index (κ3) is 4.32. The van der Waals surface area contributed by atoms with Crippen molar-refractivity contribution in [2.24, 2.45) is 5.73 Å². The minimum Gasteiger partial charge on any atom is -0.480 e. The van der Waals surface area contributed by atoms with Crippen molar-refractivity contribution >= 4 is 11.9 Å². The Morgan fingerprint density at radius 2 is 2.18 bits per heavy atom. The molecule has 0 rings (SSSR count). The smallest absolute Gasteiger partial charge is 0.329 e. The fourth-order valence-corrected chi connectivity index (χ4v) is 0.573. The molecular formula is C6H11NO4. The summed E-state index contributed by atoms with van der Waals surface area (Å²) in [6.45, 7) is 1.21. The van der Waals surface area contributed by atoms with Crippen molar-refractivity contribution in [1.82, 2.24) is 0 Å². The lowest BCUT2D eigenvalue weighted by Crippen LogP contribution is -2.32. The zero-order valence-corrected chi connectivity index (χ0v) is 6.24. The number of nitrogens with two attached hydrogens (primary N) is 1. The minimum absolute atomic E-state index is 0.391. The van der Waals surface area contributed by atoms with Crippen molar-refractivity contribution in [3.05, 3.63) is 0 Å². The topological polar surface area (TPSA) is 89.6 Å². The van der Waals surface area contributed by atoms with Crippen LogP contribution in [0.2, 0.25) is 0 Å². The van der Waals surface area contributed by atoms with Crippen molar-refractivity contribution in [3.63, 3.8) is 0 Å². The normalized spacial score (nSPS) is 12.5. The summed E-state index contributed by atoms with van der Waals surface area (Å²) in [5, 5.41) is 8.16. The Hall–Kier alpha value is -1.10. The Balaban J connectivity index is 3.70. The van der Waals surface area contributed by atoms with Crippen molar-refractivity contribution < 1.29 is 19.4 Å². The zero-order valence-electron chi connectivity index (χ0n) is 6.24. The highest BCUT2D eigenvalue weighted by Gasteiger charge is 2.13. The Kier molecular flexibility index (Phi) is 4.21. The number of hydrogen-bond donors (Lipinski definition) is 2. The van der Waals surface area contributed by atoms with Gasteiger partial charge in [-0.2, -0.15) is 0 Å². The van der Waals surface area contributed by atoms with Gasteiger partial charge in [-0.1, -0.05) is 6.92 Å². The molecule has 0 fully saturated rings. The molecule has 1 unspecified atom stereocenters. The number of aliphatic carboxylic acids is 1. The van der Waals surface area contributed by atoms with E-state index in [0.717, 1.165) is 0 Å². The largest absolute Gasteiger partial charge is 0.480 e. The third-order valence-electron chi connectivity index (χ3n) is 1.10. The van der Waals surface area contributed by atoms with E-state index in [2.05, 4.69) is 4.74 Å². The predicted molar refractivity (Wildman–Crippen MR) is 36.9 cm³/mol. The molecule has 0 bridgehead atoms. The summed E-state index contributed by atoms with van der Waals surface area (Å²) in [5.41, 5.74) is 4.88. The number of hydrogen-bond acceptors (Lipinski definition) is 3. The minimum atomic E-state index is -1.11. The maximum absolute atomic E-state index is 10.4. The SMILES string of the molecule is CCC(OCC(=O)O)C(N)=O. The van der Waals surface area contributed by atoms with Crippen LogP contribution in [0.15, 0.2) is 0 Å². The standard InChI is InChI=1S/C6H11NO4/c1-2-4(6(7)10)11-3-5(8)9/h4H,2-3H2,1H3,(H2,7,10)(H,8,9). The van der Waals surface area contributed by atoms with Gasteiger partial charge in [-0.05, 0) is 6.42 Å². The summed E-state index contributed by atoms with van der Waals surface area (Å²) < 4.78 is 4.64. The summed E-state index contributed by atoms with van der Waals surface area (Å²) in [7, 11) is 0. The van der Waals surface area contributed by atoms with Gasteiger partial charge in [0.1, 0.15) is 12.7 Å². The summed E-state index contributed by atoms with van der Waals surface area (Å²) >= 11 is 0. The molecule has 0 aliphatic rings.